The van der Waals surface area contributed by atoms with Gasteiger partial charge in [0.15, 0.2) is 0 Å². The summed E-state index contributed by atoms with van der Waals surface area (Å²) in [4.78, 5) is 55.5. The minimum Gasteiger partial charge on any atom is -0.478 e. The van der Waals surface area contributed by atoms with Crippen molar-refractivity contribution in [2.24, 2.45) is 5.41 Å². The molecule has 0 aliphatic carbocycles. The Kier molecular flexibility index (Phi) is 11.9. The normalized spacial score (nSPS) is 14.8. The lowest BCUT2D eigenvalue weighted by atomic mass is 9.76. The topological polar surface area (TPSA) is 116 Å². The Labute approximate surface area is 245 Å². The molecule has 0 aromatic heterocycles. The standard InChI is InChI=1S/C32H49N3O6/c1-13-17-23(20-21(2)28(38)39)34(11)27(37)24(30(3,4)5)33-26(36)25(35(12)29(40)41-31(6,7)8)32(9,10)22-18-15-14-16-19-22/h13-16,18-20,23-25H,1,17H2,2-12H3,(H,33,36)(H,38,39)/t23-,24+,25+/m0/s1. The van der Waals surface area contributed by atoms with Crippen LogP contribution >= 0.6 is 0 Å². The molecule has 0 aliphatic rings. The van der Waals surface area contributed by atoms with Crippen molar-refractivity contribution in [2.75, 3.05) is 14.1 Å². The zero-order valence-electron chi connectivity index (χ0n) is 26.6. The maximum absolute atomic E-state index is 14.2. The molecule has 3 amide bonds. The number of nitrogens with one attached hydrogen (secondary N) is 1. The number of ether oxygens (including phenoxy) is 1. The number of hydrogen-bond acceptors (Lipinski definition) is 5. The van der Waals surface area contributed by atoms with E-state index in [0.717, 1.165) is 5.56 Å². The summed E-state index contributed by atoms with van der Waals surface area (Å²) in [5.41, 5.74) is -1.46. The van der Waals surface area contributed by atoms with Gasteiger partial charge < -0.3 is 20.1 Å². The largest absolute Gasteiger partial charge is 0.478 e. The monoisotopic (exact) mass is 571 g/mol. The van der Waals surface area contributed by atoms with E-state index in [1.807, 2.05) is 65.0 Å². The molecule has 0 fully saturated rings. The second-order valence-corrected chi connectivity index (χ2v) is 13.1. The van der Waals surface area contributed by atoms with Crippen molar-refractivity contribution < 1.29 is 29.0 Å². The highest BCUT2D eigenvalue weighted by Gasteiger charge is 2.45. The summed E-state index contributed by atoms with van der Waals surface area (Å²) in [5, 5.41) is 12.3. The van der Waals surface area contributed by atoms with Crippen LogP contribution in [0.25, 0.3) is 0 Å². The second-order valence-electron chi connectivity index (χ2n) is 13.1. The number of carboxylic acid groups (broad SMARTS) is 1. The molecule has 0 aliphatic heterocycles. The molecule has 1 rings (SSSR count). The summed E-state index contributed by atoms with van der Waals surface area (Å²) >= 11 is 0. The first-order chi connectivity index (χ1) is 18.6. The van der Waals surface area contributed by atoms with Gasteiger partial charge in [-0.1, -0.05) is 77.1 Å². The Bertz CT molecular complexity index is 1130. The quantitative estimate of drug-likeness (QED) is 0.280. The minimum atomic E-state index is -1.09. The zero-order valence-corrected chi connectivity index (χ0v) is 26.6. The number of aliphatic carboxylic acids is 1. The molecule has 1 aromatic carbocycles. The van der Waals surface area contributed by atoms with Crippen LogP contribution in [-0.4, -0.2) is 76.6 Å². The predicted octanol–water partition coefficient (Wildman–Crippen LogP) is 5.16. The van der Waals surface area contributed by atoms with Gasteiger partial charge in [-0.05, 0) is 45.1 Å². The summed E-state index contributed by atoms with van der Waals surface area (Å²) in [5.74, 6) is -2.01. The molecule has 0 radical (unpaired) electrons. The van der Waals surface area contributed by atoms with Gasteiger partial charge in [-0.25, -0.2) is 9.59 Å². The summed E-state index contributed by atoms with van der Waals surface area (Å²) in [7, 11) is 3.09. The van der Waals surface area contributed by atoms with Crippen LogP contribution in [-0.2, 0) is 24.5 Å². The van der Waals surface area contributed by atoms with Gasteiger partial charge in [-0.15, -0.1) is 6.58 Å². The number of benzene rings is 1. The average molecular weight is 572 g/mol. The van der Waals surface area contributed by atoms with Crippen molar-refractivity contribution >= 4 is 23.9 Å². The van der Waals surface area contributed by atoms with Gasteiger partial charge in [0.2, 0.25) is 11.8 Å². The number of carbonyl (C=O) groups is 4. The zero-order chi connectivity index (χ0) is 31.9. The van der Waals surface area contributed by atoms with Gasteiger partial charge in [0, 0.05) is 25.1 Å². The van der Waals surface area contributed by atoms with E-state index in [0.29, 0.717) is 6.42 Å². The fourth-order valence-corrected chi connectivity index (χ4v) is 4.56. The van der Waals surface area contributed by atoms with E-state index in [2.05, 4.69) is 11.9 Å². The van der Waals surface area contributed by atoms with Crippen LogP contribution in [0.3, 0.4) is 0 Å². The molecule has 9 heteroatoms. The molecule has 9 nitrogen and oxygen atoms in total. The Balaban J connectivity index is 3.58. The van der Waals surface area contributed by atoms with Crippen molar-refractivity contribution in [1.82, 2.24) is 15.1 Å². The lowest BCUT2D eigenvalue weighted by molar-refractivity contribution is -0.141. The molecule has 41 heavy (non-hydrogen) atoms. The summed E-state index contributed by atoms with van der Waals surface area (Å²) in [6.07, 6.45) is 2.76. The molecular formula is C32H49N3O6. The third-order valence-electron chi connectivity index (χ3n) is 6.95. The number of rotatable bonds is 11. The minimum absolute atomic E-state index is 0.0940. The third kappa shape index (κ3) is 9.76. The van der Waals surface area contributed by atoms with Crippen LogP contribution < -0.4 is 5.32 Å². The van der Waals surface area contributed by atoms with Gasteiger partial charge in [0.1, 0.15) is 17.7 Å². The highest BCUT2D eigenvalue weighted by molar-refractivity contribution is 5.93. The number of likely N-dealkylation sites (N-methyl/N-ethyl adjacent to an activating group) is 2. The number of nitrogens with zero attached hydrogens (tertiary/aromatic N) is 2. The Morgan fingerprint density at radius 2 is 1.51 bits per heavy atom. The third-order valence-corrected chi connectivity index (χ3v) is 6.95. The van der Waals surface area contributed by atoms with E-state index in [4.69, 9.17) is 4.74 Å². The van der Waals surface area contributed by atoms with Gasteiger partial charge in [0.25, 0.3) is 0 Å². The second kappa shape index (κ2) is 13.8. The molecule has 0 spiro atoms. The van der Waals surface area contributed by atoms with E-state index in [-0.39, 0.29) is 5.57 Å². The molecule has 1 aromatic rings. The lowest BCUT2D eigenvalue weighted by Gasteiger charge is -2.42. The van der Waals surface area contributed by atoms with Crippen molar-refractivity contribution in [3.05, 3.63) is 60.2 Å². The Morgan fingerprint density at radius 1 is 0.976 bits per heavy atom. The molecule has 0 unspecified atom stereocenters. The van der Waals surface area contributed by atoms with Gasteiger partial charge in [-0.2, -0.15) is 0 Å². The molecule has 0 saturated carbocycles. The molecule has 0 saturated heterocycles. The van der Waals surface area contributed by atoms with Crippen molar-refractivity contribution in [1.29, 1.82) is 0 Å². The molecule has 2 N–H and O–H groups in total. The van der Waals surface area contributed by atoms with Gasteiger partial charge in [-0.3, -0.25) is 14.5 Å². The molecule has 0 bridgehead atoms. The first-order valence-electron chi connectivity index (χ1n) is 13.8. The predicted molar refractivity (Wildman–Crippen MR) is 161 cm³/mol. The Morgan fingerprint density at radius 3 is 1.95 bits per heavy atom. The van der Waals surface area contributed by atoms with Crippen molar-refractivity contribution in [3.63, 3.8) is 0 Å². The van der Waals surface area contributed by atoms with Crippen LogP contribution in [0, 0.1) is 5.41 Å². The molecule has 3 atom stereocenters. The van der Waals surface area contributed by atoms with Gasteiger partial charge >= 0.3 is 12.1 Å². The van der Waals surface area contributed by atoms with Gasteiger partial charge in [0.05, 0.1) is 6.04 Å². The summed E-state index contributed by atoms with van der Waals surface area (Å²) in [6, 6.07) is 6.76. The van der Waals surface area contributed by atoms with E-state index < -0.39 is 58.4 Å². The van der Waals surface area contributed by atoms with Crippen molar-refractivity contribution in [2.45, 2.75) is 97.9 Å². The fourth-order valence-electron chi connectivity index (χ4n) is 4.56. The number of amides is 3. The smallest absolute Gasteiger partial charge is 0.410 e. The maximum Gasteiger partial charge on any atom is 0.410 e. The van der Waals surface area contributed by atoms with Crippen LogP contribution in [0.1, 0.15) is 74.3 Å². The first kappa shape index (κ1) is 35.4. The van der Waals surface area contributed by atoms with Crippen LogP contribution in [0.2, 0.25) is 0 Å². The number of hydrogen-bond donors (Lipinski definition) is 2. The van der Waals surface area contributed by atoms with E-state index >= 15 is 0 Å². The summed E-state index contributed by atoms with van der Waals surface area (Å²) < 4.78 is 5.60. The first-order valence-corrected chi connectivity index (χ1v) is 13.8. The Hall–Kier alpha value is -3.62. The lowest BCUT2D eigenvalue weighted by Crippen LogP contribution is -2.63. The number of carbonyl (C=O) groups excluding carboxylic acids is 3. The van der Waals surface area contributed by atoms with Crippen LogP contribution in [0.4, 0.5) is 4.79 Å². The van der Waals surface area contributed by atoms with E-state index in [9.17, 15) is 24.3 Å². The van der Waals surface area contributed by atoms with Crippen LogP contribution in [0.15, 0.2) is 54.6 Å². The average Bonchev–Trinajstić information content (AvgIpc) is 2.84. The molecular weight excluding hydrogens is 522 g/mol. The van der Waals surface area contributed by atoms with E-state index in [1.165, 1.54) is 29.8 Å². The van der Waals surface area contributed by atoms with E-state index in [1.54, 1.807) is 33.9 Å². The highest BCUT2D eigenvalue weighted by atomic mass is 16.6. The molecule has 0 heterocycles. The maximum atomic E-state index is 14.2. The highest BCUT2D eigenvalue weighted by Crippen LogP contribution is 2.32. The number of carboxylic acids is 1. The van der Waals surface area contributed by atoms with Crippen LogP contribution in [0.5, 0.6) is 0 Å². The molecule has 228 valence electrons. The fraction of sp³-hybridized carbons (Fsp3) is 0.562. The van der Waals surface area contributed by atoms with Crippen molar-refractivity contribution in [3.8, 4) is 0 Å². The summed E-state index contributed by atoms with van der Waals surface area (Å²) in [6.45, 7) is 19.7. The SMILES string of the molecule is C=CC[C@@H](C=C(C)C(=O)O)N(C)C(=O)[C@@H](NC(=O)[C@@H](N(C)C(=O)OC(C)(C)C)C(C)(C)c1ccccc1)C(C)(C)C.